The molecule has 1 amide bonds. The average molecular weight is 290 g/mol. The topological polar surface area (TPSA) is 32.3 Å². The second kappa shape index (κ2) is 7.93. The number of carbonyl (C=O) groups is 1. The van der Waals surface area contributed by atoms with Gasteiger partial charge in [-0.15, -0.1) is 6.58 Å². The lowest BCUT2D eigenvalue weighted by Gasteiger charge is -2.25. The van der Waals surface area contributed by atoms with Crippen LogP contribution in [0.4, 0.5) is 4.39 Å². The molecule has 0 aliphatic carbocycles. The molecule has 1 saturated heterocycles. The summed E-state index contributed by atoms with van der Waals surface area (Å²) < 4.78 is 12.9. The third-order valence-electron chi connectivity index (χ3n) is 3.95. The first-order chi connectivity index (χ1) is 10.2. The maximum atomic E-state index is 12.9. The molecule has 0 spiro atoms. The summed E-state index contributed by atoms with van der Waals surface area (Å²) in [6.07, 6.45) is 5.19. The first kappa shape index (κ1) is 15.7. The predicted molar refractivity (Wildman–Crippen MR) is 82.5 cm³/mol. The molecule has 114 valence electrons. The largest absolute Gasteiger partial charge is 0.339 e. The second-order valence-corrected chi connectivity index (χ2v) is 5.44. The summed E-state index contributed by atoms with van der Waals surface area (Å²) in [4.78, 5) is 14.0. The Hall–Kier alpha value is -1.68. The number of halogens is 1. The number of rotatable bonds is 8. The Morgan fingerprint density at radius 3 is 2.86 bits per heavy atom. The first-order valence-corrected chi connectivity index (χ1v) is 7.56. The highest BCUT2D eigenvalue weighted by Crippen LogP contribution is 2.21. The molecule has 1 atom stereocenters. The third-order valence-corrected chi connectivity index (χ3v) is 3.95. The zero-order chi connectivity index (χ0) is 15.1. The van der Waals surface area contributed by atoms with Crippen LogP contribution in [0, 0.1) is 5.82 Å². The fraction of sp³-hybridized carbons (Fsp3) is 0.471. The van der Waals surface area contributed by atoms with Crippen LogP contribution in [0.3, 0.4) is 0 Å². The van der Waals surface area contributed by atoms with Crippen LogP contribution in [-0.4, -0.2) is 36.5 Å². The molecule has 0 saturated carbocycles. The highest BCUT2D eigenvalue weighted by Gasteiger charge is 2.29. The zero-order valence-corrected chi connectivity index (χ0v) is 12.4. The highest BCUT2D eigenvalue weighted by molar-refractivity contribution is 5.78. The van der Waals surface area contributed by atoms with E-state index >= 15 is 0 Å². The maximum absolute atomic E-state index is 12.9. The van der Waals surface area contributed by atoms with E-state index in [9.17, 15) is 9.18 Å². The van der Waals surface area contributed by atoms with Gasteiger partial charge in [-0.25, -0.2) is 4.39 Å². The molecule has 0 radical (unpaired) electrons. The Kier molecular flexibility index (Phi) is 5.93. The number of nitrogens with one attached hydrogen (secondary N) is 1. The lowest BCUT2D eigenvalue weighted by Crippen LogP contribution is -2.36. The number of carbonyl (C=O) groups excluding carboxylic acids is 1. The SMILES string of the molecule is C=CCNCCC1CCC(=O)N1CCc1ccc(F)cc1. The van der Waals surface area contributed by atoms with Crippen molar-refractivity contribution in [3.63, 3.8) is 0 Å². The average Bonchev–Trinajstić information content (AvgIpc) is 2.84. The van der Waals surface area contributed by atoms with Gasteiger partial charge in [0.15, 0.2) is 0 Å². The van der Waals surface area contributed by atoms with E-state index in [0.29, 0.717) is 12.5 Å². The van der Waals surface area contributed by atoms with Crippen LogP contribution in [-0.2, 0) is 11.2 Å². The monoisotopic (exact) mass is 290 g/mol. The lowest BCUT2D eigenvalue weighted by molar-refractivity contribution is -0.129. The molecular weight excluding hydrogens is 267 g/mol. The molecule has 4 heteroatoms. The van der Waals surface area contributed by atoms with Crippen LogP contribution >= 0.6 is 0 Å². The Morgan fingerprint density at radius 1 is 1.38 bits per heavy atom. The van der Waals surface area contributed by atoms with E-state index in [1.54, 1.807) is 12.1 Å². The minimum atomic E-state index is -0.220. The van der Waals surface area contributed by atoms with Gasteiger partial charge in [0.05, 0.1) is 0 Å². The van der Waals surface area contributed by atoms with E-state index in [1.807, 2.05) is 11.0 Å². The van der Waals surface area contributed by atoms with E-state index < -0.39 is 0 Å². The van der Waals surface area contributed by atoms with Crippen molar-refractivity contribution in [1.29, 1.82) is 0 Å². The Balaban J connectivity index is 1.82. The molecule has 0 bridgehead atoms. The van der Waals surface area contributed by atoms with Crippen LogP contribution in [0.2, 0.25) is 0 Å². The quantitative estimate of drug-likeness (QED) is 0.589. The molecule has 1 fully saturated rings. The number of hydrogen-bond acceptors (Lipinski definition) is 2. The Bertz CT molecular complexity index is 472. The number of hydrogen-bond donors (Lipinski definition) is 1. The molecule has 0 aromatic heterocycles. The van der Waals surface area contributed by atoms with Gasteiger partial charge in [0, 0.05) is 25.6 Å². The van der Waals surface area contributed by atoms with Gasteiger partial charge in [0.2, 0.25) is 5.91 Å². The van der Waals surface area contributed by atoms with Crippen molar-refractivity contribution in [2.75, 3.05) is 19.6 Å². The van der Waals surface area contributed by atoms with Crippen molar-refractivity contribution in [3.05, 3.63) is 48.3 Å². The zero-order valence-electron chi connectivity index (χ0n) is 12.4. The van der Waals surface area contributed by atoms with E-state index in [0.717, 1.165) is 44.5 Å². The maximum Gasteiger partial charge on any atom is 0.222 e. The van der Waals surface area contributed by atoms with Gasteiger partial charge in [-0.3, -0.25) is 4.79 Å². The fourth-order valence-electron chi connectivity index (χ4n) is 2.77. The first-order valence-electron chi connectivity index (χ1n) is 7.56. The summed E-state index contributed by atoms with van der Waals surface area (Å²) in [5.41, 5.74) is 1.07. The van der Waals surface area contributed by atoms with Gasteiger partial charge < -0.3 is 10.2 Å². The smallest absolute Gasteiger partial charge is 0.222 e. The number of likely N-dealkylation sites (tertiary alicyclic amines) is 1. The molecular formula is C17H23FN2O. The van der Waals surface area contributed by atoms with Crippen molar-refractivity contribution in [1.82, 2.24) is 10.2 Å². The lowest BCUT2D eigenvalue weighted by atomic mass is 10.1. The summed E-state index contributed by atoms with van der Waals surface area (Å²) in [5.74, 6) is 0.0213. The van der Waals surface area contributed by atoms with Gasteiger partial charge in [-0.05, 0) is 43.5 Å². The van der Waals surface area contributed by atoms with Crippen LogP contribution in [0.25, 0.3) is 0 Å². The molecule has 2 rings (SSSR count). The molecule has 1 aliphatic rings. The highest BCUT2D eigenvalue weighted by atomic mass is 19.1. The van der Waals surface area contributed by atoms with Gasteiger partial charge in [0.25, 0.3) is 0 Å². The second-order valence-electron chi connectivity index (χ2n) is 5.44. The van der Waals surface area contributed by atoms with Gasteiger partial charge in [-0.1, -0.05) is 18.2 Å². The standard InChI is InChI=1S/C17H23FN2O/c1-2-11-19-12-9-16-7-8-17(21)20(16)13-10-14-3-5-15(18)6-4-14/h2-6,16,19H,1,7-13H2. The van der Waals surface area contributed by atoms with Gasteiger partial charge in [0.1, 0.15) is 5.82 Å². The molecule has 1 heterocycles. The number of nitrogens with zero attached hydrogens (tertiary/aromatic N) is 1. The molecule has 3 nitrogen and oxygen atoms in total. The van der Waals surface area contributed by atoms with Crippen molar-refractivity contribution in [3.8, 4) is 0 Å². The van der Waals surface area contributed by atoms with Crippen molar-refractivity contribution in [2.24, 2.45) is 0 Å². The van der Waals surface area contributed by atoms with Crippen LogP contribution in [0.15, 0.2) is 36.9 Å². The van der Waals surface area contributed by atoms with Crippen LogP contribution in [0.5, 0.6) is 0 Å². The summed E-state index contributed by atoms with van der Waals surface area (Å²) >= 11 is 0. The Labute approximate surface area is 125 Å². The van der Waals surface area contributed by atoms with E-state index in [4.69, 9.17) is 0 Å². The minimum absolute atomic E-state index is 0.220. The van der Waals surface area contributed by atoms with Crippen molar-refractivity contribution < 1.29 is 9.18 Å². The van der Waals surface area contributed by atoms with E-state index in [-0.39, 0.29) is 11.7 Å². The summed E-state index contributed by atoms with van der Waals surface area (Å²) in [6.45, 7) is 6.09. The Morgan fingerprint density at radius 2 is 2.14 bits per heavy atom. The van der Waals surface area contributed by atoms with Gasteiger partial charge >= 0.3 is 0 Å². The molecule has 1 unspecified atom stereocenters. The molecule has 21 heavy (non-hydrogen) atoms. The molecule has 1 N–H and O–H groups in total. The normalized spacial score (nSPS) is 18.2. The molecule has 1 aliphatic heterocycles. The number of benzene rings is 1. The van der Waals surface area contributed by atoms with Crippen molar-refractivity contribution >= 4 is 5.91 Å². The van der Waals surface area contributed by atoms with Crippen LogP contribution < -0.4 is 5.32 Å². The van der Waals surface area contributed by atoms with E-state index in [2.05, 4.69) is 11.9 Å². The summed E-state index contributed by atoms with van der Waals surface area (Å²) in [6, 6.07) is 6.85. The fourth-order valence-corrected chi connectivity index (χ4v) is 2.77. The summed E-state index contributed by atoms with van der Waals surface area (Å²) in [5, 5.41) is 3.28. The summed E-state index contributed by atoms with van der Waals surface area (Å²) in [7, 11) is 0. The third kappa shape index (κ3) is 4.67. The molecule has 1 aromatic carbocycles. The van der Waals surface area contributed by atoms with Crippen LogP contribution in [0.1, 0.15) is 24.8 Å². The van der Waals surface area contributed by atoms with Gasteiger partial charge in [-0.2, -0.15) is 0 Å². The molecule has 1 aromatic rings. The van der Waals surface area contributed by atoms with Crippen molar-refractivity contribution in [2.45, 2.75) is 31.7 Å². The minimum Gasteiger partial charge on any atom is -0.339 e. The predicted octanol–water partition coefficient (Wildman–Crippen LogP) is 2.52. The van der Waals surface area contributed by atoms with E-state index in [1.165, 1.54) is 12.1 Å². The number of amides is 1.